The van der Waals surface area contributed by atoms with Crippen LogP contribution in [0.3, 0.4) is 0 Å². The third-order valence-corrected chi connectivity index (χ3v) is 3.20. The summed E-state index contributed by atoms with van der Waals surface area (Å²) >= 11 is 0. The zero-order valence-electron chi connectivity index (χ0n) is 9.49. The summed E-state index contributed by atoms with van der Waals surface area (Å²) in [6.07, 6.45) is 3.90. The Morgan fingerprint density at radius 3 is 3.12 bits per heavy atom. The molecule has 2 heterocycles. The van der Waals surface area contributed by atoms with E-state index < -0.39 is 0 Å². The van der Waals surface area contributed by atoms with Crippen LogP contribution in [0.5, 0.6) is 0 Å². The van der Waals surface area contributed by atoms with Gasteiger partial charge < -0.3 is 15.6 Å². The number of rotatable bonds is 2. The van der Waals surface area contributed by atoms with Crippen LogP contribution in [0, 0.1) is 0 Å². The summed E-state index contributed by atoms with van der Waals surface area (Å²) in [7, 11) is 0. The van der Waals surface area contributed by atoms with Crippen LogP contribution in [0.1, 0.15) is 12.8 Å². The van der Waals surface area contributed by atoms with Gasteiger partial charge in [-0.05, 0) is 43.7 Å². The lowest BCUT2D eigenvalue weighted by Crippen LogP contribution is -2.35. The molecule has 1 atom stereocenters. The smallest absolute Gasteiger partial charge is 0.241 e. The first kappa shape index (κ1) is 10.4. The van der Waals surface area contributed by atoms with Crippen molar-refractivity contribution in [2.24, 2.45) is 0 Å². The maximum Gasteiger partial charge on any atom is 0.241 e. The van der Waals surface area contributed by atoms with Gasteiger partial charge in [-0.3, -0.25) is 4.79 Å². The van der Waals surface area contributed by atoms with Gasteiger partial charge in [-0.25, -0.2) is 0 Å². The van der Waals surface area contributed by atoms with Crippen LogP contribution in [-0.2, 0) is 4.79 Å². The molecule has 2 aromatic rings. The third-order valence-electron chi connectivity index (χ3n) is 3.20. The molecule has 3 N–H and O–H groups in total. The van der Waals surface area contributed by atoms with E-state index in [1.54, 1.807) is 0 Å². The number of nitrogens with one attached hydrogen (secondary N) is 3. The van der Waals surface area contributed by atoms with Crippen molar-refractivity contribution in [3.8, 4) is 0 Å². The van der Waals surface area contributed by atoms with E-state index in [9.17, 15) is 4.79 Å². The summed E-state index contributed by atoms with van der Waals surface area (Å²) in [5.74, 6) is 0.0670. The number of H-pyrrole nitrogens is 1. The molecule has 1 amide bonds. The molecule has 1 fully saturated rings. The lowest BCUT2D eigenvalue weighted by atomic mass is 10.2. The number of anilines is 1. The van der Waals surface area contributed by atoms with Crippen LogP contribution in [-0.4, -0.2) is 23.5 Å². The molecule has 0 spiro atoms. The number of carbonyl (C=O) groups is 1. The van der Waals surface area contributed by atoms with E-state index in [1.807, 2.05) is 30.5 Å². The quantitative estimate of drug-likeness (QED) is 0.736. The van der Waals surface area contributed by atoms with Crippen molar-refractivity contribution in [1.29, 1.82) is 0 Å². The second kappa shape index (κ2) is 4.22. The molecule has 3 rings (SSSR count). The van der Waals surface area contributed by atoms with Gasteiger partial charge in [-0.2, -0.15) is 0 Å². The average Bonchev–Trinajstić information content (AvgIpc) is 2.99. The molecule has 1 aliphatic heterocycles. The second-order valence-electron chi connectivity index (χ2n) is 4.42. The molecule has 4 heteroatoms. The van der Waals surface area contributed by atoms with E-state index in [-0.39, 0.29) is 11.9 Å². The molecular weight excluding hydrogens is 214 g/mol. The molecule has 1 aliphatic rings. The van der Waals surface area contributed by atoms with Crippen LogP contribution < -0.4 is 10.6 Å². The first-order valence-electron chi connectivity index (χ1n) is 5.94. The Bertz CT molecular complexity index is 540. The Hall–Kier alpha value is -1.81. The van der Waals surface area contributed by atoms with Crippen molar-refractivity contribution in [1.82, 2.24) is 10.3 Å². The van der Waals surface area contributed by atoms with Crippen LogP contribution >= 0.6 is 0 Å². The Balaban J connectivity index is 1.77. The zero-order chi connectivity index (χ0) is 11.7. The molecule has 4 nitrogen and oxygen atoms in total. The predicted octanol–water partition coefficient (Wildman–Crippen LogP) is 1.86. The lowest BCUT2D eigenvalue weighted by Gasteiger charge is -2.11. The Morgan fingerprint density at radius 2 is 2.29 bits per heavy atom. The minimum absolute atomic E-state index is 0.0306. The number of hydrogen-bond acceptors (Lipinski definition) is 2. The van der Waals surface area contributed by atoms with Gasteiger partial charge in [0, 0.05) is 22.8 Å². The average molecular weight is 229 g/mol. The second-order valence-corrected chi connectivity index (χ2v) is 4.42. The van der Waals surface area contributed by atoms with E-state index in [1.165, 1.54) is 0 Å². The molecule has 0 saturated carbocycles. The number of aromatic amines is 1. The van der Waals surface area contributed by atoms with Crippen LogP contribution in [0.25, 0.3) is 10.9 Å². The molecule has 0 aliphatic carbocycles. The molecule has 0 bridgehead atoms. The fraction of sp³-hybridized carbons (Fsp3) is 0.308. The molecule has 1 aromatic carbocycles. The summed E-state index contributed by atoms with van der Waals surface area (Å²) in [6, 6.07) is 7.85. The molecule has 0 radical (unpaired) electrons. The van der Waals surface area contributed by atoms with Crippen LogP contribution in [0.2, 0.25) is 0 Å². The highest BCUT2D eigenvalue weighted by molar-refractivity contribution is 5.97. The number of hydrogen-bond donors (Lipinski definition) is 3. The van der Waals surface area contributed by atoms with Crippen molar-refractivity contribution in [3.63, 3.8) is 0 Å². The standard InChI is InChI=1S/C13H15N3O/c17-13(12-2-1-6-14-12)16-10-3-4-11-9(8-10)5-7-15-11/h3-5,7-8,12,14-15H,1-2,6H2,(H,16,17)/t12-/m0/s1. The van der Waals surface area contributed by atoms with E-state index in [0.29, 0.717) is 0 Å². The van der Waals surface area contributed by atoms with Gasteiger partial charge in [-0.15, -0.1) is 0 Å². The highest BCUT2D eigenvalue weighted by Gasteiger charge is 2.21. The van der Waals surface area contributed by atoms with Crippen molar-refractivity contribution in [2.45, 2.75) is 18.9 Å². The third kappa shape index (κ3) is 2.03. The zero-order valence-corrected chi connectivity index (χ0v) is 9.49. The highest BCUT2D eigenvalue weighted by atomic mass is 16.2. The Morgan fingerprint density at radius 1 is 1.35 bits per heavy atom. The van der Waals surface area contributed by atoms with Gasteiger partial charge in [0.2, 0.25) is 5.91 Å². The fourth-order valence-corrected chi connectivity index (χ4v) is 2.27. The van der Waals surface area contributed by atoms with E-state index in [0.717, 1.165) is 36.0 Å². The number of carbonyl (C=O) groups excluding carboxylic acids is 1. The predicted molar refractivity (Wildman–Crippen MR) is 68.0 cm³/mol. The van der Waals surface area contributed by atoms with Gasteiger partial charge in [0.1, 0.15) is 0 Å². The lowest BCUT2D eigenvalue weighted by molar-refractivity contribution is -0.117. The van der Waals surface area contributed by atoms with E-state index in [4.69, 9.17) is 0 Å². The van der Waals surface area contributed by atoms with Crippen LogP contribution in [0.4, 0.5) is 5.69 Å². The summed E-state index contributed by atoms with van der Waals surface area (Å²) < 4.78 is 0. The van der Waals surface area contributed by atoms with Crippen molar-refractivity contribution in [3.05, 3.63) is 30.5 Å². The van der Waals surface area contributed by atoms with Crippen molar-refractivity contribution >= 4 is 22.5 Å². The minimum atomic E-state index is -0.0306. The van der Waals surface area contributed by atoms with Crippen LogP contribution in [0.15, 0.2) is 30.5 Å². The topological polar surface area (TPSA) is 56.9 Å². The molecule has 0 unspecified atom stereocenters. The Kier molecular flexibility index (Phi) is 2.57. The van der Waals surface area contributed by atoms with Crippen molar-refractivity contribution in [2.75, 3.05) is 11.9 Å². The van der Waals surface area contributed by atoms with Gasteiger partial charge in [0.25, 0.3) is 0 Å². The first-order valence-corrected chi connectivity index (χ1v) is 5.94. The van der Waals surface area contributed by atoms with Crippen molar-refractivity contribution < 1.29 is 4.79 Å². The van der Waals surface area contributed by atoms with E-state index >= 15 is 0 Å². The molecule has 17 heavy (non-hydrogen) atoms. The van der Waals surface area contributed by atoms with Gasteiger partial charge in [0.15, 0.2) is 0 Å². The molecular formula is C13H15N3O. The molecule has 88 valence electrons. The largest absolute Gasteiger partial charge is 0.361 e. The first-order chi connectivity index (χ1) is 8.33. The monoisotopic (exact) mass is 229 g/mol. The summed E-state index contributed by atoms with van der Waals surface area (Å²) in [5, 5.41) is 7.25. The SMILES string of the molecule is O=C(Nc1ccc2[nH]ccc2c1)[C@@H]1CCCN1. The van der Waals surface area contributed by atoms with Gasteiger partial charge in [0.05, 0.1) is 6.04 Å². The Labute approximate surface area is 99.4 Å². The number of benzene rings is 1. The molecule has 1 aromatic heterocycles. The summed E-state index contributed by atoms with van der Waals surface area (Å²) in [4.78, 5) is 15.0. The maximum atomic E-state index is 11.9. The van der Waals surface area contributed by atoms with Gasteiger partial charge in [-0.1, -0.05) is 0 Å². The fourth-order valence-electron chi connectivity index (χ4n) is 2.27. The number of aromatic nitrogens is 1. The van der Waals surface area contributed by atoms with Gasteiger partial charge >= 0.3 is 0 Å². The maximum absolute atomic E-state index is 11.9. The number of fused-ring (bicyclic) bond motifs is 1. The highest BCUT2D eigenvalue weighted by Crippen LogP contribution is 2.18. The summed E-state index contributed by atoms with van der Waals surface area (Å²) in [6.45, 7) is 0.939. The normalized spacial score (nSPS) is 19.6. The summed E-state index contributed by atoms with van der Waals surface area (Å²) in [5.41, 5.74) is 1.94. The minimum Gasteiger partial charge on any atom is -0.361 e. The number of amides is 1. The molecule has 1 saturated heterocycles. The van der Waals surface area contributed by atoms with E-state index in [2.05, 4.69) is 15.6 Å².